The molecule has 250 valence electrons. The van der Waals surface area contributed by atoms with Crippen molar-refractivity contribution in [1.29, 1.82) is 0 Å². The van der Waals surface area contributed by atoms with Crippen molar-refractivity contribution >= 4 is 21.8 Å². The zero-order valence-corrected chi connectivity index (χ0v) is 30.0. The number of rotatable bonds is 5. The van der Waals surface area contributed by atoms with Crippen molar-refractivity contribution in [3.8, 4) is 51.1 Å². The quantitative estimate of drug-likeness (QED) is 0.184. The number of benzene rings is 5. The van der Waals surface area contributed by atoms with Gasteiger partial charge in [0.25, 0.3) is 0 Å². The zero-order chi connectivity index (χ0) is 35.3. The second-order valence-corrected chi connectivity index (χ2v) is 15.3. The number of fused-ring (bicyclic) bond motifs is 3. The smallest absolute Gasteiger partial charge is 0.167 e. The van der Waals surface area contributed by atoms with Crippen LogP contribution in [-0.4, -0.2) is 24.5 Å². The minimum atomic E-state index is -0.00243. The van der Waals surface area contributed by atoms with Crippen LogP contribution in [0.4, 0.5) is 0 Å². The first-order valence-electron chi connectivity index (χ1n) is 17.6. The van der Waals surface area contributed by atoms with Gasteiger partial charge in [0.2, 0.25) is 0 Å². The Kier molecular flexibility index (Phi) is 7.87. The van der Waals surface area contributed by atoms with Crippen LogP contribution in [0.5, 0.6) is 0 Å². The molecule has 0 amide bonds. The Bertz CT molecular complexity index is 2390. The summed E-state index contributed by atoms with van der Waals surface area (Å²) in [5, 5.41) is 2.41. The summed E-state index contributed by atoms with van der Waals surface area (Å²) >= 11 is 0. The molecule has 3 heterocycles. The molecule has 0 saturated heterocycles. The van der Waals surface area contributed by atoms with Crippen LogP contribution in [0, 0.1) is 0 Å². The third kappa shape index (κ3) is 6.10. The largest absolute Gasteiger partial charge is 0.293 e. The van der Waals surface area contributed by atoms with Gasteiger partial charge in [-0.15, -0.1) is 0 Å². The van der Waals surface area contributed by atoms with E-state index in [1.54, 1.807) is 0 Å². The van der Waals surface area contributed by atoms with Gasteiger partial charge in [0, 0.05) is 33.7 Å². The van der Waals surface area contributed by atoms with Crippen LogP contribution in [0.2, 0.25) is 0 Å². The lowest BCUT2D eigenvalue weighted by Crippen LogP contribution is -2.10. The number of hydrogen-bond acceptors (Lipinski definition) is 4. The third-order valence-corrected chi connectivity index (χ3v) is 9.62. The van der Waals surface area contributed by atoms with Crippen LogP contribution < -0.4 is 0 Å². The van der Waals surface area contributed by atoms with Crippen molar-refractivity contribution in [3.63, 3.8) is 0 Å². The Labute approximate surface area is 299 Å². The summed E-state index contributed by atoms with van der Waals surface area (Å²) in [5.41, 5.74) is 9.49. The second kappa shape index (κ2) is 12.4. The van der Waals surface area contributed by atoms with Gasteiger partial charge >= 0.3 is 0 Å². The van der Waals surface area contributed by atoms with Gasteiger partial charge in [-0.25, -0.2) is 19.9 Å². The normalized spacial score (nSPS) is 12.1. The van der Waals surface area contributed by atoms with Crippen LogP contribution >= 0.6 is 0 Å². The molecule has 0 aliphatic rings. The molecule has 8 rings (SSSR count). The van der Waals surface area contributed by atoms with Crippen LogP contribution in [0.1, 0.15) is 52.7 Å². The highest BCUT2D eigenvalue weighted by Crippen LogP contribution is 2.40. The molecular formula is C46H41N5. The molecule has 0 radical (unpaired) electrons. The Morgan fingerprint density at radius 3 is 1.31 bits per heavy atom. The molecule has 0 aliphatic heterocycles. The average molecular weight is 664 g/mol. The van der Waals surface area contributed by atoms with E-state index in [0.717, 1.165) is 44.7 Å². The van der Waals surface area contributed by atoms with Crippen molar-refractivity contribution in [2.24, 2.45) is 0 Å². The molecule has 5 aromatic carbocycles. The summed E-state index contributed by atoms with van der Waals surface area (Å²) in [4.78, 5) is 20.6. The summed E-state index contributed by atoms with van der Waals surface area (Å²) in [5.74, 6) is 2.56. The van der Waals surface area contributed by atoms with Crippen LogP contribution in [-0.2, 0) is 10.8 Å². The van der Waals surface area contributed by atoms with E-state index in [4.69, 9.17) is 19.9 Å². The highest BCUT2D eigenvalue weighted by Gasteiger charge is 2.24. The van der Waals surface area contributed by atoms with Gasteiger partial charge < -0.3 is 0 Å². The van der Waals surface area contributed by atoms with E-state index >= 15 is 0 Å². The van der Waals surface area contributed by atoms with Crippen LogP contribution in [0.3, 0.4) is 0 Å². The van der Waals surface area contributed by atoms with Gasteiger partial charge in [0.05, 0.1) is 16.6 Å². The van der Waals surface area contributed by atoms with Gasteiger partial charge in [-0.1, -0.05) is 145 Å². The van der Waals surface area contributed by atoms with Gasteiger partial charge in [0.1, 0.15) is 5.82 Å². The molecule has 0 fully saturated rings. The van der Waals surface area contributed by atoms with Gasteiger partial charge in [-0.2, -0.15) is 0 Å². The molecule has 0 unspecified atom stereocenters. The lowest BCUT2D eigenvalue weighted by Gasteiger charge is -2.19. The molecule has 5 nitrogen and oxygen atoms in total. The SMILES string of the molecule is CC(C)(C)c1ccc2c(c1)c1cc(C(C)(C)C)ccc1n2-c1ncc(-c2ccccc2)cc1-c1nc(-c2ccccc2)nc(-c2ccccc2)n1. The number of hydrogen-bond donors (Lipinski definition) is 0. The molecule has 5 heteroatoms. The van der Waals surface area contributed by atoms with Crippen molar-refractivity contribution in [3.05, 3.63) is 151 Å². The van der Waals surface area contributed by atoms with Crippen molar-refractivity contribution in [2.45, 2.75) is 52.4 Å². The predicted molar refractivity (Wildman–Crippen MR) is 211 cm³/mol. The van der Waals surface area contributed by atoms with Crippen molar-refractivity contribution < 1.29 is 0 Å². The molecule has 0 bridgehead atoms. The summed E-state index contributed by atoms with van der Waals surface area (Å²) in [6, 6.07) is 46.5. The Morgan fingerprint density at radius 1 is 0.431 bits per heavy atom. The maximum atomic E-state index is 5.28. The van der Waals surface area contributed by atoms with Crippen molar-refractivity contribution in [2.75, 3.05) is 0 Å². The Balaban J connectivity index is 1.46. The molecule has 3 aromatic heterocycles. The van der Waals surface area contributed by atoms with Crippen LogP contribution in [0.15, 0.2) is 140 Å². The molecule has 0 saturated carbocycles. The Hall–Kier alpha value is -5.94. The predicted octanol–water partition coefficient (Wildman–Crippen LogP) is 11.6. The van der Waals surface area contributed by atoms with E-state index in [0.29, 0.717) is 17.5 Å². The maximum Gasteiger partial charge on any atom is 0.167 e. The fourth-order valence-corrected chi connectivity index (χ4v) is 6.70. The molecule has 51 heavy (non-hydrogen) atoms. The van der Waals surface area contributed by atoms with E-state index in [1.807, 2.05) is 72.9 Å². The minimum absolute atomic E-state index is 0.00243. The molecule has 8 aromatic rings. The van der Waals surface area contributed by atoms with Gasteiger partial charge in [-0.3, -0.25) is 4.57 Å². The van der Waals surface area contributed by atoms with E-state index < -0.39 is 0 Å². The standard InChI is InChI=1S/C46H41N5/c1-45(2,3)34-22-24-39-36(27-34)37-28-35(46(4,5)6)23-25-40(37)51(39)44-38(26-33(29-47-44)30-16-10-7-11-17-30)43-49-41(31-18-12-8-13-19-31)48-42(50-43)32-20-14-9-15-21-32/h7-29H,1-6H3. The van der Waals surface area contributed by atoms with Crippen molar-refractivity contribution in [1.82, 2.24) is 24.5 Å². The lowest BCUT2D eigenvalue weighted by atomic mass is 9.85. The first-order valence-corrected chi connectivity index (χ1v) is 17.6. The zero-order valence-electron chi connectivity index (χ0n) is 30.0. The summed E-state index contributed by atoms with van der Waals surface area (Å²) in [7, 11) is 0. The number of aromatic nitrogens is 5. The minimum Gasteiger partial charge on any atom is -0.293 e. The first-order chi connectivity index (χ1) is 24.5. The highest BCUT2D eigenvalue weighted by atomic mass is 15.1. The molecule has 0 spiro atoms. The Morgan fingerprint density at radius 2 is 0.863 bits per heavy atom. The summed E-state index contributed by atoms with van der Waals surface area (Å²) < 4.78 is 2.29. The summed E-state index contributed by atoms with van der Waals surface area (Å²) in [6.07, 6.45) is 1.97. The van der Waals surface area contributed by atoms with E-state index in [9.17, 15) is 0 Å². The average Bonchev–Trinajstić information content (AvgIpc) is 3.48. The molecule has 0 atom stereocenters. The van der Waals surface area contributed by atoms with E-state index in [2.05, 4.69) is 113 Å². The topological polar surface area (TPSA) is 56.5 Å². The first kappa shape index (κ1) is 32.3. The third-order valence-electron chi connectivity index (χ3n) is 9.62. The fourth-order valence-electron chi connectivity index (χ4n) is 6.70. The van der Waals surface area contributed by atoms with E-state index in [-0.39, 0.29) is 10.8 Å². The van der Waals surface area contributed by atoms with Crippen LogP contribution in [0.25, 0.3) is 72.9 Å². The fraction of sp³-hybridized carbons (Fsp3) is 0.174. The van der Waals surface area contributed by atoms with Gasteiger partial charge in [-0.05, 0) is 57.9 Å². The maximum absolute atomic E-state index is 5.28. The van der Waals surface area contributed by atoms with Gasteiger partial charge in [0.15, 0.2) is 17.5 Å². The monoisotopic (exact) mass is 663 g/mol. The number of pyridine rings is 1. The number of nitrogens with zero attached hydrogens (tertiary/aromatic N) is 5. The molecular weight excluding hydrogens is 623 g/mol. The summed E-state index contributed by atoms with van der Waals surface area (Å²) in [6.45, 7) is 13.6. The second-order valence-electron chi connectivity index (χ2n) is 15.3. The lowest BCUT2D eigenvalue weighted by molar-refractivity contribution is 0.590. The molecule has 0 N–H and O–H groups in total. The highest BCUT2D eigenvalue weighted by molar-refractivity contribution is 6.10. The molecule has 0 aliphatic carbocycles. The van der Waals surface area contributed by atoms with E-state index in [1.165, 1.54) is 21.9 Å².